The highest BCUT2D eigenvalue weighted by Gasteiger charge is 2.18. The average molecular weight is 507 g/mol. The molecule has 0 saturated carbocycles. The van der Waals surface area contributed by atoms with Crippen LogP contribution in [0.25, 0.3) is 10.9 Å². The number of benzene rings is 2. The minimum atomic E-state index is -0.492. The number of amides is 2. The van der Waals surface area contributed by atoms with E-state index in [0.29, 0.717) is 49.8 Å². The van der Waals surface area contributed by atoms with E-state index >= 15 is 0 Å². The molecule has 0 atom stereocenters. The number of nitrogens with zero attached hydrogens (tertiary/aromatic N) is 3. The van der Waals surface area contributed by atoms with Gasteiger partial charge >= 0.3 is 5.69 Å². The lowest BCUT2D eigenvalue weighted by Crippen LogP contribution is -2.44. The first-order valence-electron chi connectivity index (χ1n) is 13.2. The predicted octanol–water partition coefficient (Wildman–Crippen LogP) is 3.61. The Kier molecular flexibility index (Phi) is 10.2. The summed E-state index contributed by atoms with van der Waals surface area (Å²) >= 11 is 0. The van der Waals surface area contributed by atoms with E-state index in [1.54, 1.807) is 29.2 Å². The van der Waals surface area contributed by atoms with Crippen molar-refractivity contribution < 1.29 is 9.59 Å². The summed E-state index contributed by atoms with van der Waals surface area (Å²) in [6.07, 6.45) is 3.01. The molecule has 0 unspecified atom stereocenters. The zero-order valence-corrected chi connectivity index (χ0v) is 22.2. The Hall–Kier alpha value is -3.68. The fourth-order valence-electron chi connectivity index (χ4n) is 4.41. The first-order chi connectivity index (χ1) is 17.8. The number of rotatable bonds is 13. The molecule has 3 rings (SSSR count). The first kappa shape index (κ1) is 27.9. The third-order valence-electron chi connectivity index (χ3n) is 6.41. The van der Waals surface area contributed by atoms with Crippen LogP contribution in [0.3, 0.4) is 0 Å². The van der Waals surface area contributed by atoms with Gasteiger partial charge in [-0.1, -0.05) is 55.8 Å². The molecule has 2 amide bonds. The van der Waals surface area contributed by atoms with E-state index in [4.69, 9.17) is 0 Å². The van der Waals surface area contributed by atoms with E-state index < -0.39 is 5.69 Å². The number of para-hydroxylation sites is 1. The van der Waals surface area contributed by atoms with Crippen LogP contribution in [0.1, 0.15) is 57.1 Å². The molecule has 0 saturated heterocycles. The number of nitrogens with one attached hydrogen (secondary N) is 1. The van der Waals surface area contributed by atoms with Crippen LogP contribution in [0.2, 0.25) is 0 Å². The fourth-order valence-corrected chi connectivity index (χ4v) is 4.41. The lowest BCUT2D eigenvalue weighted by molar-refractivity contribution is -0.132. The van der Waals surface area contributed by atoms with Gasteiger partial charge in [-0.15, -0.1) is 0 Å². The lowest BCUT2D eigenvalue weighted by Gasteiger charge is -2.22. The van der Waals surface area contributed by atoms with Crippen molar-refractivity contribution in [3.05, 3.63) is 80.5 Å². The summed E-state index contributed by atoms with van der Waals surface area (Å²) in [4.78, 5) is 53.5. The highest BCUT2D eigenvalue weighted by atomic mass is 16.2. The third-order valence-corrected chi connectivity index (χ3v) is 6.41. The number of carbonyl (C=O) groups is 2. The molecule has 0 bridgehead atoms. The maximum atomic E-state index is 13.4. The molecule has 0 radical (unpaired) electrons. The normalized spacial score (nSPS) is 11.0. The topological polar surface area (TPSA) is 93.4 Å². The van der Waals surface area contributed by atoms with Crippen molar-refractivity contribution in [1.82, 2.24) is 19.4 Å². The van der Waals surface area contributed by atoms with Crippen LogP contribution in [0.4, 0.5) is 0 Å². The second-order valence-corrected chi connectivity index (χ2v) is 9.44. The number of hydrogen-bond donors (Lipinski definition) is 1. The Bertz CT molecular complexity index is 1320. The number of aromatic nitrogens is 2. The monoisotopic (exact) mass is 506 g/mol. The second-order valence-electron chi connectivity index (χ2n) is 9.44. The molecule has 1 N–H and O–H groups in total. The molecule has 3 aromatic rings. The molecule has 8 heteroatoms. The molecule has 0 aliphatic heterocycles. The Morgan fingerprint density at radius 3 is 2.24 bits per heavy atom. The smallest absolute Gasteiger partial charge is 0.331 e. The SMILES string of the molecule is CCCN(CCC)C(=O)Cn1c(=O)n(CCCCC(=O)NCc2ccc(C)cc2)c(=O)c2ccccc21. The summed E-state index contributed by atoms with van der Waals surface area (Å²) in [5.74, 6) is -0.201. The molecule has 0 fully saturated rings. The van der Waals surface area contributed by atoms with Crippen LogP contribution in [0, 0.1) is 6.92 Å². The molecule has 2 aromatic carbocycles. The zero-order valence-electron chi connectivity index (χ0n) is 22.2. The van der Waals surface area contributed by atoms with Gasteiger partial charge in [0, 0.05) is 32.6 Å². The van der Waals surface area contributed by atoms with Gasteiger partial charge in [-0.25, -0.2) is 4.79 Å². The van der Waals surface area contributed by atoms with Crippen LogP contribution in [-0.4, -0.2) is 38.9 Å². The molecule has 8 nitrogen and oxygen atoms in total. The number of fused-ring (bicyclic) bond motifs is 1. The van der Waals surface area contributed by atoms with E-state index in [2.05, 4.69) is 5.32 Å². The van der Waals surface area contributed by atoms with Gasteiger partial charge < -0.3 is 10.2 Å². The molecule has 1 heterocycles. The molecule has 37 heavy (non-hydrogen) atoms. The molecule has 0 aliphatic carbocycles. The van der Waals surface area contributed by atoms with Gasteiger partial charge in [0.05, 0.1) is 10.9 Å². The maximum absolute atomic E-state index is 13.4. The van der Waals surface area contributed by atoms with Gasteiger partial charge in [0.25, 0.3) is 5.56 Å². The standard InChI is InChI=1S/C29H38N4O4/c1-4-17-31(18-5-2)27(35)21-33-25-11-7-6-10-24(25)28(36)32(29(33)37)19-9-8-12-26(34)30-20-23-15-13-22(3)14-16-23/h6-7,10-11,13-16H,4-5,8-9,12,17-21H2,1-3H3,(H,30,34). The minimum absolute atomic E-state index is 0.0682. The molecular weight excluding hydrogens is 468 g/mol. The number of hydrogen-bond acceptors (Lipinski definition) is 4. The van der Waals surface area contributed by atoms with Crippen molar-refractivity contribution in [2.24, 2.45) is 0 Å². The number of carbonyl (C=O) groups excluding carboxylic acids is 2. The van der Waals surface area contributed by atoms with E-state index in [9.17, 15) is 19.2 Å². The highest BCUT2D eigenvalue weighted by Crippen LogP contribution is 2.09. The van der Waals surface area contributed by atoms with Crippen molar-refractivity contribution in [2.45, 2.75) is 72.5 Å². The Balaban J connectivity index is 1.69. The van der Waals surface area contributed by atoms with Crippen molar-refractivity contribution in [3.8, 4) is 0 Å². The van der Waals surface area contributed by atoms with Crippen LogP contribution in [0.15, 0.2) is 58.1 Å². The number of aryl methyl sites for hydroxylation is 1. The second kappa shape index (κ2) is 13.6. The summed E-state index contributed by atoms with van der Waals surface area (Å²) < 4.78 is 2.61. The molecule has 198 valence electrons. The molecule has 1 aromatic heterocycles. The zero-order chi connectivity index (χ0) is 26.8. The molecule has 0 aliphatic rings. The molecular formula is C29H38N4O4. The van der Waals surface area contributed by atoms with E-state index in [0.717, 1.165) is 18.4 Å². The van der Waals surface area contributed by atoms with Crippen LogP contribution < -0.4 is 16.6 Å². The molecule has 0 spiro atoms. The summed E-state index contributed by atoms with van der Waals surface area (Å²) in [7, 11) is 0. The lowest BCUT2D eigenvalue weighted by atomic mass is 10.1. The van der Waals surface area contributed by atoms with Gasteiger partial charge in [-0.3, -0.25) is 23.5 Å². The summed E-state index contributed by atoms with van der Waals surface area (Å²) in [5, 5.41) is 3.32. The van der Waals surface area contributed by atoms with Gasteiger partial charge in [0.15, 0.2) is 0 Å². The largest absolute Gasteiger partial charge is 0.352 e. The highest BCUT2D eigenvalue weighted by molar-refractivity contribution is 5.81. The third kappa shape index (κ3) is 7.41. The Labute approximate surface area is 217 Å². The van der Waals surface area contributed by atoms with Gasteiger partial charge in [-0.05, 0) is 50.3 Å². The van der Waals surface area contributed by atoms with E-state index in [1.165, 1.54) is 14.7 Å². The van der Waals surface area contributed by atoms with Crippen LogP contribution in [-0.2, 0) is 29.2 Å². The van der Waals surface area contributed by atoms with Crippen LogP contribution >= 0.6 is 0 Å². The summed E-state index contributed by atoms with van der Waals surface area (Å²) in [5.41, 5.74) is 1.81. The first-order valence-corrected chi connectivity index (χ1v) is 13.2. The fraction of sp³-hybridized carbons (Fsp3) is 0.448. The average Bonchev–Trinajstić information content (AvgIpc) is 2.90. The van der Waals surface area contributed by atoms with Crippen molar-refractivity contribution >= 4 is 22.7 Å². The Morgan fingerprint density at radius 1 is 0.892 bits per heavy atom. The van der Waals surface area contributed by atoms with Crippen molar-refractivity contribution in [3.63, 3.8) is 0 Å². The van der Waals surface area contributed by atoms with Crippen LogP contribution in [0.5, 0.6) is 0 Å². The van der Waals surface area contributed by atoms with Gasteiger partial charge in [-0.2, -0.15) is 0 Å². The van der Waals surface area contributed by atoms with E-state index in [-0.39, 0.29) is 30.5 Å². The van der Waals surface area contributed by atoms with Crippen molar-refractivity contribution in [1.29, 1.82) is 0 Å². The summed E-state index contributed by atoms with van der Waals surface area (Å²) in [6, 6.07) is 14.9. The minimum Gasteiger partial charge on any atom is -0.352 e. The predicted molar refractivity (Wildman–Crippen MR) is 147 cm³/mol. The quantitative estimate of drug-likeness (QED) is 0.359. The number of unbranched alkanes of at least 4 members (excludes halogenated alkanes) is 1. The Morgan fingerprint density at radius 2 is 1.57 bits per heavy atom. The van der Waals surface area contributed by atoms with E-state index in [1.807, 2.05) is 45.0 Å². The van der Waals surface area contributed by atoms with Crippen molar-refractivity contribution in [2.75, 3.05) is 13.1 Å². The van der Waals surface area contributed by atoms with Gasteiger partial charge in [0.1, 0.15) is 6.54 Å². The maximum Gasteiger partial charge on any atom is 0.331 e. The van der Waals surface area contributed by atoms with Gasteiger partial charge in [0.2, 0.25) is 11.8 Å². The summed E-state index contributed by atoms with van der Waals surface area (Å²) in [6.45, 7) is 7.85.